The zero-order valence-electron chi connectivity index (χ0n) is 12.2. The number of benzene rings is 1. The van der Waals surface area contributed by atoms with Crippen LogP contribution in [0.1, 0.15) is 18.3 Å². The van der Waals surface area contributed by atoms with Crippen molar-refractivity contribution in [2.75, 3.05) is 24.3 Å². The van der Waals surface area contributed by atoms with Crippen molar-refractivity contribution in [2.24, 2.45) is 0 Å². The van der Waals surface area contributed by atoms with Crippen LogP contribution < -0.4 is 10.2 Å². The predicted octanol–water partition coefficient (Wildman–Crippen LogP) is 3.81. The van der Waals surface area contributed by atoms with E-state index in [1.165, 1.54) is 11.3 Å². The molecule has 20 heavy (non-hydrogen) atoms. The van der Waals surface area contributed by atoms with Gasteiger partial charge in [-0.3, -0.25) is 0 Å². The van der Waals surface area contributed by atoms with Crippen molar-refractivity contribution in [1.29, 1.82) is 0 Å². The summed E-state index contributed by atoms with van der Waals surface area (Å²) in [7, 11) is 4.06. The van der Waals surface area contributed by atoms with Crippen molar-refractivity contribution in [3.63, 3.8) is 0 Å². The summed E-state index contributed by atoms with van der Waals surface area (Å²) in [6.07, 6.45) is 0.756. The summed E-state index contributed by atoms with van der Waals surface area (Å²) in [5, 5.41) is 3.74. The van der Waals surface area contributed by atoms with E-state index in [-0.39, 0.29) is 0 Å². The molecule has 2 aromatic rings. The molecule has 0 unspecified atom stereocenters. The van der Waals surface area contributed by atoms with Crippen molar-refractivity contribution in [3.8, 4) is 0 Å². The van der Waals surface area contributed by atoms with E-state index in [0.29, 0.717) is 5.15 Å². The van der Waals surface area contributed by atoms with E-state index in [4.69, 9.17) is 11.6 Å². The third-order valence-electron chi connectivity index (χ3n) is 3.02. The summed E-state index contributed by atoms with van der Waals surface area (Å²) in [5.74, 6) is 1.45. The molecule has 4 nitrogen and oxygen atoms in total. The number of nitrogens with one attached hydrogen (secondary N) is 1. The topological polar surface area (TPSA) is 41.1 Å². The van der Waals surface area contributed by atoms with Crippen LogP contribution in [0.4, 0.5) is 17.2 Å². The number of aromatic nitrogens is 2. The van der Waals surface area contributed by atoms with E-state index in [1.807, 2.05) is 27.1 Å². The molecule has 106 valence electrons. The first kappa shape index (κ1) is 14.6. The van der Waals surface area contributed by atoms with Gasteiger partial charge in [0.15, 0.2) is 0 Å². The van der Waals surface area contributed by atoms with Gasteiger partial charge in [0.05, 0.1) is 0 Å². The van der Waals surface area contributed by atoms with Crippen LogP contribution in [0.3, 0.4) is 0 Å². The molecule has 0 amide bonds. The SMILES string of the molecule is CCc1nc(Cl)cc(Nc2ccc(C)c(N(C)C)c2)n1. The molecule has 0 bridgehead atoms. The Balaban J connectivity index is 2.30. The monoisotopic (exact) mass is 290 g/mol. The summed E-state index contributed by atoms with van der Waals surface area (Å²) in [5.41, 5.74) is 3.39. The first-order valence-electron chi connectivity index (χ1n) is 6.58. The maximum atomic E-state index is 6.00. The third-order valence-corrected chi connectivity index (χ3v) is 3.21. The van der Waals surface area contributed by atoms with Crippen molar-refractivity contribution in [1.82, 2.24) is 9.97 Å². The molecule has 0 spiro atoms. The van der Waals surface area contributed by atoms with E-state index >= 15 is 0 Å². The Kier molecular flexibility index (Phi) is 4.45. The largest absolute Gasteiger partial charge is 0.377 e. The standard InChI is InChI=1S/C15H19ClN4/c1-5-14-18-13(16)9-15(19-14)17-11-7-6-10(2)12(8-11)20(3)4/h6-9H,5H2,1-4H3,(H,17,18,19). The highest BCUT2D eigenvalue weighted by molar-refractivity contribution is 6.29. The third kappa shape index (κ3) is 3.39. The highest BCUT2D eigenvalue weighted by Crippen LogP contribution is 2.25. The average Bonchev–Trinajstić information content (AvgIpc) is 2.40. The first-order chi connectivity index (χ1) is 9.49. The molecule has 0 aliphatic rings. The fraction of sp³-hybridized carbons (Fsp3) is 0.333. The van der Waals surface area contributed by atoms with Gasteiger partial charge in [-0.15, -0.1) is 0 Å². The number of hydrogen-bond donors (Lipinski definition) is 1. The van der Waals surface area contributed by atoms with Gasteiger partial charge in [0.25, 0.3) is 0 Å². The van der Waals surface area contributed by atoms with Crippen LogP contribution >= 0.6 is 11.6 Å². The van der Waals surface area contributed by atoms with Crippen molar-refractivity contribution in [2.45, 2.75) is 20.3 Å². The van der Waals surface area contributed by atoms with E-state index in [1.54, 1.807) is 6.07 Å². The minimum absolute atomic E-state index is 0.458. The molecule has 0 saturated heterocycles. The lowest BCUT2D eigenvalue weighted by Gasteiger charge is -2.17. The summed E-state index contributed by atoms with van der Waals surface area (Å²) in [6.45, 7) is 4.10. The lowest BCUT2D eigenvalue weighted by Crippen LogP contribution is -2.10. The fourth-order valence-electron chi connectivity index (χ4n) is 2.00. The van der Waals surface area contributed by atoms with Gasteiger partial charge < -0.3 is 10.2 Å². The van der Waals surface area contributed by atoms with Gasteiger partial charge in [0.1, 0.15) is 16.8 Å². The Morgan fingerprint density at radius 3 is 2.60 bits per heavy atom. The van der Waals surface area contributed by atoms with E-state index in [9.17, 15) is 0 Å². The van der Waals surface area contributed by atoms with Crippen molar-refractivity contribution < 1.29 is 0 Å². The molecule has 0 atom stereocenters. The van der Waals surface area contributed by atoms with E-state index in [0.717, 1.165) is 23.8 Å². The van der Waals surface area contributed by atoms with Crippen LogP contribution in [0, 0.1) is 6.92 Å². The number of rotatable bonds is 4. The number of aryl methyl sites for hydroxylation is 2. The normalized spacial score (nSPS) is 10.4. The molecule has 2 rings (SSSR count). The summed E-state index contributed by atoms with van der Waals surface area (Å²) >= 11 is 6.00. The maximum absolute atomic E-state index is 6.00. The molecule has 0 saturated carbocycles. The molecule has 1 N–H and O–H groups in total. The van der Waals surface area contributed by atoms with Gasteiger partial charge in [-0.1, -0.05) is 24.6 Å². The lowest BCUT2D eigenvalue weighted by atomic mass is 10.1. The second-order valence-electron chi connectivity index (χ2n) is 4.87. The van der Waals surface area contributed by atoms with Crippen LogP contribution in [0.5, 0.6) is 0 Å². The number of hydrogen-bond acceptors (Lipinski definition) is 4. The highest BCUT2D eigenvalue weighted by Gasteiger charge is 2.05. The smallest absolute Gasteiger partial charge is 0.135 e. The van der Waals surface area contributed by atoms with Crippen LogP contribution in [-0.2, 0) is 6.42 Å². The summed E-state index contributed by atoms with van der Waals surface area (Å²) in [4.78, 5) is 10.7. The summed E-state index contributed by atoms with van der Waals surface area (Å²) < 4.78 is 0. The van der Waals surface area contributed by atoms with Crippen LogP contribution in [-0.4, -0.2) is 24.1 Å². The van der Waals surface area contributed by atoms with E-state index < -0.39 is 0 Å². The average molecular weight is 291 g/mol. The molecule has 0 fully saturated rings. The van der Waals surface area contributed by atoms with Gasteiger partial charge in [-0.25, -0.2) is 9.97 Å². The molecule has 0 radical (unpaired) electrons. The molecular formula is C15H19ClN4. The Hall–Kier alpha value is -1.81. The van der Waals surface area contributed by atoms with Gasteiger partial charge >= 0.3 is 0 Å². The van der Waals surface area contributed by atoms with Gasteiger partial charge in [-0.05, 0) is 24.6 Å². The lowest BCUT2D eigenvalue weighted by molar-refractivity contribution is 0.943. The van der Waals surface area contributed by atoms with Gasteiger partial charge in [0.2, 0.25) is 0 Å². The minimum Gasteiger partial charge on any atom is -0.377 e. The quantitative estimate of drug-likeness (QED) is 0.869. The Morgan fingerprint density at radius 1 is 1.20 bits per heavy atom. The number of anilines is 3. The van der Waals surface area contributed by atoms with Crippen LogP contribution in [0.15, 0.2) is 24.3 Å². The van der Waals surface area contributed by atoms with Gasteiger partial charge in [0, 0.05) is 38.0 Å². The predicted molar refractivity (Wildman–Crippen MR) is 85.2 cm³/mol. The van der Waals surface area contributed by atoms with Crippen LogP contribution in [0.25, 0.3) is 0 Å². The molecule has 5 heteroatoms. The molecule has 1 aromatic carbocycles. The Bertz CT molecular complexity index is 611. The van der Waals surface area contributed by atoms with Crippen LogP contribution in [0.2, 0.25) is 5.15 Å². The number of halogens is 1. The fourth-order valence-corrected chi connectivity index (χ4v) is 2.20. The molecule has 0 aliphatic heterocycles. The minimum atomic E-state index is 0.458. The molecule has 1 heterocycles. The second kappa shape index (κ2) is 6.09. The van der Waals surface area contributed by atoms with E-state index in [2.05, 4.69) is 39.2 Å². The summed E-state index contributed by atoms with van der Waals surface area (Å²) in [6, 6.07) is 7.94. The van der Waals surface area contributed by atoms with Gasteiger partial charge in [-0.2, -0.15) is 0 Å². The zero-order valence-corrected chi connectivity index (χ0v) is 13.0. The Morgan fingerprint density at radius 2 is 1.95 bits per heavy atom. The second-order valence-corrected chi connectivity index (χ2v) is 5.25. The molecule has 1 aromatic heterocycles. The Labute approximate surface area is 124 Å². The first-order valence-corrected chi connectivity index (χ1v) is 6.96. The van der Waals surface area contributed by atoms with Crippen molar-refractivity contribution >= 4 is 28.8 Å². The molecular weight excluding hydrogens is 272 g/mol. The number of nitrogens with zero attached hydrogens (tertiary/aromatic N) is 3. The zero-order chi connectivity index (χ0) is 14.7. The highest BCUT2D eigenvalue weighted by atomic mass is 35.5. The van der Waals surface area contributed by atoms with Crippen molar-refractivity contribution in [3.05, 3.63) is 40.8 Å². The molecule has 0 aliphatic carbocycles. The maximum Gasteiger partial charge on any atom is 0.135 e.